The Hall–Kier alpha value is -2.28. The summed E-state index contributed by atoms with van der Waals surface area (Å²) in [5, 5.41) is 12.7. The first kappa shape index (κ1) is 20.0. The summed E-state index contributed by atoms with van der Waals surface area (Å²) in [6.45, 7) is 7.79. The molecule has 29 heavy (non-hydrogen) atoms. The lowest BCUT2D eigenvalue weighted by atomic mass is 9.97. The average Bonchev–Trinajstić information content (AvgIpc) is 3.17. The fraction of sp³-hybridized carbons (Fsp3) is 0.636. The Morgan fingerprint density at radius 3 is 2.38 bits per heavy atom. The molecule has 2 saturated heterocycles. The Morgan fingerprint density at radius 1 is 1.00 bits per heavy atom. The van der Waals surface area contributed by atoms with Gasteiger partial charge in [0.05, 0.1) is 0 Å². The van der Waals surface area contributed by atoms with Crippen LogP contribution in [0.2, 0.25) is 0 Å². The SMILES string of the molecule is C[C@@H]1CCC[C@H](C)N1C(=O)Cn1nnc(-c2ccc(CN3CCCCC3)cc2)n1. The number of tetrazole rings is 1. The lowest BCUT2D eigenvalue weighted by Crippen LogP contribution is -2.48. The Balaban J connectivity index is 1.37. The standard InChI is InChI=1S/C22H32N6O/c1-17-7-6-8-18(2)28(17)21(29)16-27-24-22(23-25-27)20-11-9-19(10-12-20)15-26-13-4-3-5-14-26/h9-12,17-18H,3-8,13-16H2,1-2H3/t17-,18+. The number of likely N-dealkylation sites (tertiary alicyclic amines) is 2. The van der Waals surface area contributed by atoms with Crippen molar-refractivity contribution in [3.8, 4) is 11.4 Å². The molecule has 2 atom stereocenters. The summed E-state index contributed by atoms with van der Waals surface area (Å²) in [4.78, 5) is 18.7. The van der Waals surface area contributed by atoms with E-state index in [4.69, 9.17) is 0 Å². The molecule has 0 bridgehead atoms. The van der Waals surface area contributed by atoms with Crippen LogP contribution in [0.25, 0.3) is 11.4 Å². The molecular formula is C22H32N6O. The highest BCUT2D eigenvalue weighted by molar-refractivity contribution is 5.76. The first-order valence-electron chi connectivity index (χ1n) is 11.0. The maximum Gasteiger partial charge on any atom is 0.246 e. The average molecular weight is 397 g/mol. The second-order valence-corrected chi connectivity index (χ2v) is 8.61. The van der Waals surface area contributed by atoms with Crippen LogP contribution in [-0.2, 0) is 17.9 Å². The Morgan fingerprint density at radius 2 is 1.69 bits per heavy atom. The molecule has 0 aliphatic carbocycles. The van der Waals surface area contributed by atoms with Gasteiger partial charge in [0.1, 0.15) is 6.54 Å². The summed E-state index contributed by atoms with van der Waals surface area (Å²) in [6, 6.07) is 8.96. The lowest BCUT2D eigenvalue weighted by Gasteiger charge is -2.38. The molecule has 2 aliphatic rings. The molecule has 0 unspecified atom stereocenters. The van der Waals surface area contributed by atoms with Crippen LogP contribution in [-0.4, -0.2) is 61.1 Å². The van der Waals surface area contributed by atoms with Gasteiger partial charge in [0.2, 0.25) is 11.7 Å². The number of piperidine rings is 2. The van der Waals surface area contributed by atoms with Crippen molar-refractivity contribution in [1.29, 1.82) is 0 Å². The van der Waals surface area contributed by atoms with Gasteiger partial charge in [-0.2, -0.15) is 4.80 Å². The van der Waals surface area contributed by atoms with Crippen LogP contribution in [0.15, 0.2) is 24.3 Å². The molecule has 2 aliphatic heterocycles. The fourth-order valence-electron chi connectivity index (χ4n) is 4.68. The lowest BCUT2D eigenvalue weighted by molar-refractivity contribution is -0.138. The van der Waals surface area contributed by atoms with Crippen LogP contribution in [0.5, 0.6) is 0 Å². The van der Waals surface area contributed by atoms with Crippen molar-refractivity contribution in [2.24, 2.45) is 0 Å². The molecule has 3 heterocycles. The van der Waals surface area contributed by atoms with Crippen molar-refractivity contribution in [3.05, 3.63) is 29.8 Å². The Kier molecular flexibility index (Phi) is 6.23. The van der Waals surface area contributed by atoms with Gasteiger partial charge in [0.25, 0.3) is 0 Å². The van der Waals surface area contributed by atoms with E-state index in [0.717, 1.165) is 24.9 Å². The predicted octanol–water partition coefficient (Wildman–Crippen LogP) is 3.12. The summed E-state index contributed by atoms with van der Waals surface area (Å²) in [5.41, 5.74) is 2.25. The minimum absolute atomic E-state index is 0.0746. The fourth-order valence-corrected chi connectivity index (χ4v) is 4.68. The van der Waals surface area contributed by atoms with E-state index < -0.39 is 0 Å². The maximum absolute atomic E-state index is 12.8. The zero-order valence-electron chi connectivity index (χ0n) is 17.6. The van der Waals surface area contributed by atoms with Gasteiger partial charge < -0.3 is 4.90 Å². The molecule has 0 N–H and O–H groups in total. The minimum Gasteiger partial charge on any atom is -0.336 e. The van der Waals surface area contributed by atoms with E-state index in [0.29, 0.717) is 5.82 Å². The van der Waals surface area contributed by atoms with Crippen LogP contribution < -0.4 is 0 Å². The van der Waals surface area contributed by atoms with E-state index in [1.807, 2.05) is 4.90 Å². The second-order valence-electron chi connectivity index (χ2n) is 8.61. The molecule has 0 spiro atoms. The predicted molar refractivity (Wildman–Crippen MR) is 112 cm³/mol. The molecule has 0 saturated carbocycles. The molecule has 7 nitrogen and oxygen atoms in total. The van der Waals surface area contributed by atoms with Crippen molar-refractivity contribution in [2.75, 3.05) is 13.1 Å². The van der Waals surface area contributed by atoms with Crippen molar-refractivity contribution >= 4 is 5.91 Å². The van der Waals surface area contributed by atoms with Gasteiger partial charge in [0.15, 0.2) is 0 Å². The van der Waals surface area contributed by atoms with Crippen molar-refractivity contribution in [1.82, 2.24) is 30.0 Å². The van der Waals surface area contributed by atoms with Gasteiger partial charge in [-0.1, -0.05) is 30.7 Å². The molecule has 4 rings (SSSR count). The smallest absolute Gasteiger partial charge is 0.246 e. The topological polar surface area (TPSA) is 67.2 Å². The van der Waals surface area contributed by atoms with Gasteiger partial charge in [-0.3, -0.25) is 9.69 Å². The molecule has 156 valence electrons. The zero-order valence-corrected chi connectivity index (χ0v) is 17.6. The van der Waals surface area contributed by atoms with Crippen LogP contribution in [0.1, 0.15) is 57.9 Å². The highest BCUT2D eigenvalue weighted by Gasteiger charge is 2.29. The van der Waals surface area contributed by atoms with Gasteiger partial charge in [-0.05, 0) is 69.8 Å². The maximum atomic E-state index is 12.8. The number of carbonyl (C=O) groups excluding carboxylic acids is 1. The highest BCUT2D eigenvalue weighted by atomic mass is 16.2. The Bertz CT molecular complexity index is 801. The van der Waals surface area contributed by atoms with Crippen LogP contribution in [0, 0.1) is 0 Å². The molecule has 1 aromatic carbocycles. The van der Waals surface area contributed by atoms with Crippen LogP contribution in [0.4, 0.5) is 0 Å². The number of benzene rings is 1. The normalized spacial score (nSPS) is 23.3. The molecule has 2 fully saturated rings. The summed E-state index contributed by atoms with van der Waals surface area (Å²) in [7, 11) is 0. The first-order chi connectivity index (χ1) is 14.1. The number of carbonyl (C=O) groups is 1. The van der Waals surface area contributed by atoms with Crippen molar-refractivity contribution < 1.29 is 4.79 Å². The van der Waals surface area contributed by atoms with Crippen LogP contribution >= 0.6 is 0 Å². The van der Waals surface area contributed by atoms with E-state index in [1.165, 1.54) is 49.1 Å². The van der Waals surface area contributed by atoms with Gasteiger partial charge in [-0.15, -0.1) is 10.2 Å². The summed E-state index contributed by atoms with van der Waals surface area (Å²) < 4.78 is 0. The van der Waals surface area contributed by atoms with Crippen LogP contribution in [0.3, 0.4) is 0 Å². The summed E-state index contributed by atoms with van der Waals surface area (Å²) in [5.74, 6) is 0.646. The zero-order chi connectivity index (χ0) is 20.2. The third kappa shape index (κ3) is 4.83. The van der Waals surface area contributed by atoms with E-state index in [-0.39, 0.29) is 24.5 Å². The summed E-state index contributed by atoms with van der Waals surface area (Å²) in [6.07, 6.45) is 7.28. The first-order valence-corrected chi connectivity index (χ1v) is 11.0. The Labute approximate surface area is 173 Å². The third-order valence-corrected chi connectivity index (χ3v) is 6.28. The number of amides is 1. The van der Waals surface area contributed by atoms with Gasteiger partial charge in [0, 0.05) is 24.2 Å². The monoisotopic (exact) mass is 396 g/mol. The largest absolute Gasteiger partial charge is 0.336 e. The van der Waals surface area contributed by atoms with E-state index in [9.17, 15) is 4.79 Å². The van der Waals surface area contributed by atoms with Crippen molar-refractivity contribution in [2.45, 2.75) is 77.5 Å². The van der Waals surface area contributed by atoms with Crippen molar-refractivity contribution in [3.63, 3.8) is 0 Å². The van der Waals surface area contributed by atoms with Gasteiger partial charge in [-0.25, -0.2) is 0 Å². The highest BCUT2D eigenvalue weighted by Crippen LogP contribution is 2.23. The molecule has 0 radical (unpaired) electrons. The van der Waals surface area contributed by atoms with E-state index in [1.54, 1.807) is 0 Å². The molecular weight excluding hydrogens is 364 g/mol. The number of rotatable bonds is 5. The number of hydrogen-bond acceptors (Lipinski definition) is 5. The molecule has 2 aromatic rings. The second kappa shape index (κ2) is 9.03. The molecule has 1 aromatic heterocycles. The number of hydrogen-bond donors (Lipinski definition) is 0. The third-order valence-electron chi connectivity index (χ3n) is 6.28. The van der Waals surface area contributed by atoms with E-state index in [2.05, 4.69) is 58.4 Å². The molecule has 7 heteroatoms. The summed E-state index contributed by atoms with van der Waals surface area (Å²) >= 11 is 0. The van der Waals surface area contributed by atoms with Gasteiger partial charge >= 0.3 is 0 Å². The number of aromatic nitrogens is 4. The molecule has 1 amide bonds. The number of nitrogens with zero attached hydrogens (tertiary/aromatic N) is 6. The quantitative estimate of drug-likeness (QED) is 0.777. The van der Waals surface area contributed by atoms with E-state index >= 15 is 0 Å². The minimum atomic E-state index is 0.0746.